The summed E-state index contributed by atoms with van der Waals surface area (Å²) in [5, 5.41) is 0. The van der Waals surface area contributed by atoms with Gasteiger partial charge in [-0.1, -0.05) is 26.3 Å². The van der Waals surface area contributed by atoms with E-state index in [0.29, 0.717) is 0 Å². The lowest BCUT2D eigenvalue weighted by Gasteiger charge is -2.24. The minimum atomic E-state index is 0.229. The molecule has 0 radical (unpaired) electrons. The lowest BCUT2D eigenvalue weighted by atomic mass is 10.0. The normalized spacial score (nSPS) is 14.3. The van der Waals surface area contributed by atoms with Gasteiger partial charge in [-0.2, -0.15) is 0 Å². The molecule has 0 saturated heterocycles. The fourth-order valence-electron chi connectivity index (χ4n) is 2.20. The zero-order chi connectivity index (χ0) is 13.7. The Morgan fingerprint density at radius 3 is 2.44 bits per heavy atom. The molecule has 2 N–H and O–H groups in total. The Morgan fingerprint density at radius 1 is 1.28 bits per heavy atom. The smallest absolute Gasteiger partial charge is 0.0366 e. The van der Waals surface area contributed by atoms with E-state index >= 15 is 0 Å². The van der Waals surface area contributed by atoms with Gasteiger partial charge in [0.25, 0.3) is 0 Å². The van der Waals surface area contributed by atoms with Gasteiger partial charge in [0.05, 0.1) is 0 Å². The minimum Gasteiger partial charge on any atom is -0.374 e. The van der Waals surface area contributed by atoms with Crippen LogP contribution in [0.4, 0.5) is 5.69 Å². The van der Waals surface area contributed by atoms with Crippen molar-refractivity contribution in [3.05, 3.63) is 29.3 Å². The Hall–Kier alpha value is -1.02. The molecule has 0 aliphatic carbocycles. The van der Waals surface area contributed by atoms with Gasteiger partial charge in [0.1, 0.15) is 0 Å². The number of rotatable bonds is 6. The van der Waals surface area contributed by atoms with Crippen molar-refractivity contribution in [1.29, 1.82) is 0 Å². The molecule has 1 aromatic rings. The quantitative estimate of drug-likeness (QED) is 0.836. The standard InChI is InChI=1S/C16H28N2/c1-6-12(2)11-18(5)16-8-7-15(10-14(4)17)13(3)9-16/h7-9,12,14H,6,10-11,17H2,1-5H3. The summed E-state index contributed by atoms with van der Waals surface area (Å²) < 4.78 is 0. The number of nitrogens with two attached hydrogens (primary N) is 1. The molecule has 0 spiro atoms. The molecule has 2 heteroatoms. The van der Waals surface area contributed by atoms with E-state index in [1.165, 1.54) is 23.2 Å². The lowest BCUT2D eigenvalue weighted by molar-refractivity contribution is 0.560. The van der Waals surface area contributed by atoms with Gasteiger partial charge < -0.3 is 10.6 Å². The van der Waals surface area contributed by atoms with E-state index in [4.69, 9.17) is 5.73 Å². The summed E-state index contributed by atoms with van der Waals surface area (Å²) in [5.41, 5.74) is 9.89. The fourth-order valence-corrected chi connectivity index (χ4v) is 2.20. The first-order chi connectivity index (χ1) is 8.43. The van der Waals surface area contributed by atoms with Crippen LogP contribution in [-0.2, 0) is 6.42 Å². The molecular formula is C16H28N2. The molecule has 1 rings (SSSR count). The summed E-state index contributed by atoms with van der Waals surface area (Å²) in [6.45, 7) is 9.90. The van der Waals surface area contributed by atoms with E-state index in [0.717, 1.165) is 18.9 Å². The lowest BCUT2D eigenvalue weighted by Crippen LogP contribution is -2.24. The van der Waals surface area contributed by atoms with Gasteiger partial charge in [0, 0.05) is 25.3 Å². The molecular weight excluding hydrogens is 220 g/mol. The SMILES string of the molecule is CCC(C)CN(C)c1ccc(CC(C)N)c(C)c1. The summed E-state index contributed by atoms with van der Waals surface area (Å²) in [6, 6.07) is 6.95. The maximum atomic E-state index is 5.86. The Balaban J connectivity index is 2.77. The summed E-state index contributed by atoms with van der Waals surface area (Å²) in [7, 11) is 2.17. The maximum absolute atomic E-state index is 5.86. The van der Waals surface area contributed by atoms with Crippen molar-refractivity contribution < 1.29 is 0 Å². The highest BCUT2D eigenvalue weighted by Crippen LogP contribution is 2.20. The molecule has 2 unspecified atom stereocenters. The Kier molecular flexibility index (Phi) is 5.67. The van der Waals surface area contributed by atoms with Gasteiger partial charge in [-0.25, -0.2) is 0 Å². The molecule has 0 aromatic heterocycles. The van der Waals surface area contributed by atoms with Crippen molar-refractivity contribution in [3.8, 4) is 0 Å². The number of benzene rings is 1. The molecule has 1 aromatic carbocycles. The summed E-state index contributed by atoms with van der Waals surface area (Å²) in [5.74, 6) is 0.735. The highest BCUT2D eigenvalue weighted by atomic mass is 15.1. The van der Waals surface area contributed by atoms with Crippen molar-refractivity contribution in [3.63, 3.8) is 0 Å². The monoisotopic (exact) mass is 248 g/mol. The third-order valence-electron chi connectivity index (χ3n) is 3.59. The molecule has 0 aliphatic rings. The molecule has 2 nitrogen and oxygen atoms in total. The van der Waals surface area contributed by atoms with Gasteiger partial charge in [0.2, 0.25) is 0 Å². The van der Waals surface area contributed by atoms with Crippen molar-refractivity contribution >= 4 is 5.69 Å². The zero-order valence-corrected chi connectivity index (χ0v) is 12.5. The molecule has 18 heavy (non-hydrogen) atoms. The molecule has 2 atom stereocenters. The number of aryl methyl sites for hydroxylation is 1. The van der Waals surface area contributed by atoms with Crippen LogP contribution in [0.5, 0.6) is 0 Å². The van der Waals surface area contributed by atoms with Crippen molar-refractivity contribution in [2.75, 3.05) is 18.5 Å². The van der Waals surface area contributed by atoms with Gasteiger partial charge in [0.15, 0.2) is 0 Å². The number of hydrogen-bond acceptors (Lipinski definition) is 2. The summed E-state index contributed by atoms with van der Waals surface area (Å²) >= 11 is 0. The first kappa shape index (κ1) is 15.0. The summed E-state index contributed by atoms with van der Waals surface area (Å²) in [6.07, 6.45) is 2.19. The number of nitrogens with zero attached hydrogens (tertiary/aromatic N) is 1. The Bertz CT molecular complexity index is 371. The van der Waals surface area contributed by atoms with E-state index in [1.807, 2.05) is 0 Å². The number of anilines is 1. The first-order valence-electron chi connectivity index (χ1n) is 7.00. The number of hydrogen-bond donors (Lipinski definition) is 1. The predicted molar refractivity (Wildman–Crippen MR) is 81.3 cm³/mol. The van der Waals surface area contributed by atoms with E-state index in [2.05, 4.69) is 57.8 Å². The van der Waals surface area contributed by atoms with Crippen LogP contribution >= 0.6 is 0 Å². The molecule has 0 saturated carbocycles. The molecule has 0 bridgehead atoms. The topological polar surface area (TPSA) is 29.3 Å². The van der Waals surface area contributed by atoms with E-state index in [9.17, 15) is 0 Å². The predicted octanol–water partition coefficient (Wildman–Crippen LogP) is 3.37. The Labute approximate surface area is 112 Å². The van der Waals surface area contributed by atoms with E-state index < -0.39 is 0 Å². The zero-order valence-electron chi connectivity index (χ0n) is 12.5. The second kappa shape index (κ2) is 6.79. The van der Waals surface area contributed by atoms with Crippen LogP contribution in [0.15, 0.2) is 18.2 Å². The van der Waals surface area contributed by atoms with Crippen LogP contribution in [0.25, 0.3) is 0 Å². The summed E-state index contributed by atoms with van der Waals surface area (Å²) in [4.78, 5) is 2.34. The molecule has 0 aliphatic heterocycles. The van der Waals surface area contributed by atoms with Crippen molar-refractivity contribution in [2.45, 2.75) is 46.6 Å². The largest absolute Gasteiger partial charge is 0.374 e. The van der Waals surface area contributed by atoms with Crippen LogP contribution in [0.1, 0.15) is 38.3 Å². The maximum Gasteiger partial charge on any atom is 0.0366 e. The van der Waals surface area contributed by atoms with Crippen LogP contribution < -0.4 is 10.6 Å². The van der Waals surface area contributed by atoms with Crippen LogP contribution in [0, 0.1) is 12.8 Å². The first-order valence-corrected chi connectivity index (χ1v) is 7.00. The third-order valence-corrected chi connectivity index (χ3v) is 3.59. The van der Waals surface area contributed by atoms with Crippen LogP contribution in [0.3, 0.4) is 0 Å². The van der Waals surface area contributed by atoms with Crippen LogP contribution in [0.2, 0.25) is 0 Å². The Morgan fingerprint density at radius 2 is 1.94 bits per heavy atom. The van der Waals surface area contributed by atoms with Gasteiger partial charge in [-0.05, 0) is 49.4 Å². The third kappa shape index (κ3) is 4.34. The van der Waals surface area contributed by atoms with Crippen LogP contribution in [-0.4, -0.2) is 19.6 Å². The minimum absolute atomic E-state index is 0.229. The van der Waals surface area contributed by atoms with E-state index in [-0.39, 0.29) is 6.04 Å². The highest BCUT2D eigenvalue weighted by Gasteiger charge is 2.08. The molecule has 0 fully saturated rings. The average Bonchev–Trinajstić information content (AvgIpc) is 2.30. The second-order valence-electron chi connectivity index (χ2n) is 5.69. The molecule has 0 amide bonds. The van der Waals surface area contributed by atoms with E-state index in [1.54, 1.807) is 0 Å². The van der Waals surface area contributed by atoms with Crippen molar-refractivity contribution in [2.24, 2.45) is 11.7 Å². The molecule has 0 heterocycles. The van der Waals surface area contributed by atoms with Crippen molar-refractivity contribution in [1.82, 2.24) is 0 Å². The van der Waals surface area contributed by atoms with Gasteiger partial charge in [-0.15, -0.1) is 0 Å². The van der Waals surface area contributed by atoms with Gasteiger partial charge in [-0.3, -0.25) is 0 Å². The average molecular weight is 248 g/mol. The second-order valence-corrected chi connectivity index (χ2v) is 5.69. The van der Waals surface area contributed by atoms with Gasteiger partial charge >= 0.3 is 0 Å². The fraction of sp³-hybridized carbons (Fsp3) is 0.625. The molecule has 102 valence electrons. The highest BCUT2D eigenvalue weighted by molar-refractivity contribution is 5.50.